The molecular formula is C16H22F6N4O2. The second-order valence-electron chi connectivity index (χ2n) is 7.93. The van der Waals surface area contributed by atoms with Gasteiger partial charge in [0.2, 0.25) is 0 Å². The van der Waals surface area contributed by atoms with Crippen molar-refractivity contribution < 1.29 is 35.9 Å². The Balaban J connectivity index is 0.000000161. The molecule has 2 amide bonds. The fourth-order valence-corrected chi connectivity index (χ4v) is 3.49. The molecule has 0 aromatic rings. The Kier molecular flexibility index (Phi) is 5.32. The van der Waals surface area contributed by atoms with Gasteiger partial charge in [0, 0.05) is 49.1 Å². The first-order chi connectivity index (χ1) is 12.9. The van der Waals surface area contributed by atoms with Crippen molar-refractivity contribution >= 4 is 11.8 Å². The van der Waals surface area contributed by atoms with Crippen molar-refractivity contribution in [3.05, 3.63) is 0 Å². The number of halogens is 6. The maximum absolute atomic E-state index is 12.0. The van der Waals surface area contributed by atoms with E-state index in [0.717, 1.165) is 0 Å². The highest BCUT2D eigenvalue weighted by atomic mass is 19.4. The molecule has 4 fully saturated rings. The quantitative estimate of drug-likeness (QED) is 0.512. The maximum Gasteiger partial charge on any atom is 0.471 e. The standard InChI is InChI=1S/2C8H11F3N2O/c2*9-8(10,11)6(14)13-7(1-2-7)5-3-12-4-5/h2*5,12H,1-4H2,(H,13,14). The van der Waals surface area contributed by atoms with Crippen LogP contribution < -0.4 is 21.3 Å². The van der Waals surface area contributed by atoms with E-state index in [4.69, 9.17) is 0 Å². The average Bonchev–Trinajstić information content (AvgIpc) is 3.33. The van der Waals surface area contributed by atoms with Crippen LogP contribution in [0.5, 0.6) is 0 Å². The molecule has 0 spiro atoms. The highest BCUT2D eigenvalue weighted by Gasteiger charge is 2.56. The SMILES string of the molecule is O=C(NC1(C2CNC2)CC1)C(F)(F)F.O=C(NC1(C2CNC2)CC1)C(F)(F)F. The van der Waals surface area contributed by atoms with Gasteiger partial charge in [-0.25, -0.2) is 0 Å². The minimum absolute atomic E-state index is 0.175. The number of carbonyl (C=O) groups is 2. The van der Waals surface area contributed by atoms with Crippen LogP contribution in [0.25, 0.3) is 0 Å². The van der Waals surface area contributed by atoms with Crippen LogP contribution in [-0.2, 0) is 9.59 Å². The first kappa shape index (κ1) is 21.2. The van der Waals surface area contributed by atoms with Gasteiger partial charge in [-0.3, -0.25) is 9.59 Å². The van der Waals surface area contributed by atoms with E-state index in [1.165, 1.54) is 0 Å². The molecule has 2 saturated carbocycles. The summed E-state index contributed by atoms with van der Waals surface area (Å²) in [6.07, 6.45) is -6.84. The van der Waals surface area contributed by atoms with Crippen LogP contribution in [-0.4, -0.2) is 61.4 Å². The Morgan fingerprint density at radius 2 is 0.964 bits per heavy atom. The fourth-order valence-electron chi connectivity index (χ4n) is 3.49. The van der Waals surface area contributed by atoms with Gasteiger partial charge in [0.25, 0.3) is 0 Å². The largest absolute Gasteiger partial charge is 0.471 e. The van der Waals surface area contributed by atoms with Crippen molar-refractivity contribution in [2.24, 2.45) is 11.8 Å². The predicted octanol–water partition coefficient (Wildman–Crippen LogP) is 0.834. The summed E-state index contributed by atoms with van der Waals surface area (Å²) in [5, 5.41) is 10.2. The lowest BCUT2D eigenvalue weighted by Gasteiger charge is -2.35. The van der Waals surface area contributed by atoms with Crippen LogP contribution in [0.15, 0.2) is 0 Å². The van der Waals surface area contributed by atoms with Gasteiger partial charge in [0.1, 0.15) is 0 Å². The minimum Gasteiger partial charge on any atom is -0.342 e. The number of alkyl halides is 6. The topological polar surface area (TPSA) is 82.3 Å². The highest BCUT2D eigenvalue weighted by Crippen LogP contribution is 2.45. The third-order valence-corrected chi connectivity index (χ3v) is 5.94. The number of rotatable bonds is 4. The first-order valence-corrected chi connectivity index (χ1v) is 9.08. The number of carbonyl (C=O) groups excluding carboxylic acids is 2. The molecule has 0 bridgehead atoms. The number of hydrogen-bond acceptors (Lipinski definition) is 4. The molecule has 0 atom stereocenters. The van der Waals surface area contributed by atoms with Crippen LogP contribution in [0.4, 0.5) is 26.3 Å². The molecular weight excluding hydrogens is 394 g/mol. The molecule has 0 unspecified atom stereocenters. The van der Waals surface area contributed by atoms with Gasteiger partial charge in [-0.1, -0.05) is 0 Å². The summed E-state index contributed by atoms with van der Waals surface area (Å²) in [6, 6.07) is 0. The summed E-state index contributed by atoms with van der Waals surface area (Å²) in [5.74, 6) is -3.26. The molecule has 2 saturated heterocycles. The van der Waals surface area contributed by atoms with Crippen molar-refractivity contribution in [1.82, 2.24) is 21.3 Å². The van der Waals surface area contributed by atoms with Gasteiger partial charge in [-0.2, -0.15) is 26.3 Å². The Morgan fingerprint density at radius 3 is 1.11 bits per heavy atom. The van der Waals surface area contributed by atoms with E-state index in [1.54, 1.807) is 0 Å². The monoisotopic (exact) mass is 416 g/mol. The van der Waals surface area contributed by atoms with E-state index in [1.807, 2.05) is 0 Å². The van der Waals surface area contributed by atoms with Crippen molar-refractivity contribution in [3.8, 4) is 0 Å². The van der Waals surface area contributed by atoms with E-state index in [-0.39, 0.29) is 11.8 Å². The smallest absolute Gasteiger partial charge is 0.342 e. The summed E-state index contributed by atoms with van der Waals surface area (Å²) < 4.78 is 71.8. The Morgan fingerprint density at radius 1 is 0.679 bits per heavy atom. The van der Waals surface area contributed by atoms with E-state index in [2.05, 4.69) is 21.3 Å². The lowest BCUT2D eigenvalue weighted by Crippen LogP contribution is -2.58. The number of amides is 2. The normalized spacial score (nSPS) is 25.4. The van der Waals surface area contributed by atoms with E-state index >= 15 is 0 Å². The zero-order valence-electron chi connectivity index (χ0n) is 14.9. The van der Waals surface area contributed by atoms with Gasteiger partial charge < -0.3 is 21.3 Å². The first-order valence-electron chi connectivity index (χ1n) is 9.08. The molecule has 4 rings (SSSR count). The van der Waals surface area contributed by atoms with Crippen LogP contribution in [0, 0.1) is 11.8 Å². The van der Waals surface area contributed by atoms with Gasteiger partial charge in [0.15, 0.2) is 0 Å². The van der Waals surface area contributed by atoms with Gasteiger partial charge in [0.05, 0.1) is 0 Å². The highest BCUT2D eigenvalue weighted by molar-refractivity contribution is 5.83. The molecule has 28 heavy (non-hydrogen) atoms. The lowest BCUT2D eigenvalue weighted by molar-refractivity contribution is -0.175. The maximum atomic E-state index is 12.0. The molecule has 2 heterocycles. The van der Waals surface area contributed by atoms with Crippen LogP contribution in [0.3, 0.4) is 0 Å². The molecule has 6 nitrogen and oxygen atoms in total. The molecule has 12 heteroatoms. The summed E-state index contributed by atoms with van der Waals surface area (Å²) in [5.41, 5.74) is -1.12. The van der Waals surface area contributed by atoms with Crippen molar-refractivity contribution in [1.29, 1.82) is 0 Å². The second kappa shape index (κ2) is 7.05. The molecule has 4 N–H and O–H groups in total. The van der Waals surface area contributed by atoms with Gasteiger partial charge in [-0.15, -0.1) is 0 Å². The molecule has 160 valence electrons. The predicted molar refractivity (Wildman–Crippen MR) is 85.0 cm³/mol. The van der Waals surface area contributed by atoms with Crippen LogP contribution >= 0.6 is 0 Å². The molecule has 0 radical (unpaired) electrons. The summed E-state index contributed by atoms with van der Waals surface area (Å²) in [7, 11) is 0. The zero-order valence-corrected chi connectivity index (χ0v) is 14.9. The number of nitrogens with one attached hydrogen (secondary N) is 4. The molecule has 2 aliphatic carbocycles. The minimum atomic E-state index is -4.76. The van der Waals surface area contributed by atoms with Crippen molar-refractivity contribution in [2.45, 2.75) is 49.1 Å². The van der Waals surface area contributed by atoms with Crippen LogP contribution in [0.2, 0.25) is 0 Å². The summed E-state index contributed by atoms with van der Waals surface area (Å²) >= 11 is 0. The zero-order chi connectivity index (χ0) is 20.8. The van der Waals surface area contributed by atoms with E-state index in [9.17, 15) is 35.9 Å². The third-order valence-electron chi connectivity index (χ3n) is 5.94. The second-order valence-corrected chi connectivity index (χ2v) is 7.93. The summed E-state index contributed by atoms with van der Waals surface area (Å²) in [4.78, 5) is 21.4. The van der Waals surface area contributed by atoms with Gasteiger partial charge >= 0.3 is 24.2 Å². The average molecular weight is 416 g/mol. The van der Waals surface area contributed by atoms with Crippen molar-refractivity contribution in [3.63, 3.8) is 0 Å². The van der Waals surface area contributed by atoms with Crippen molar-refractivity contribution in [2.75, 3.05) is 26.2 Å². The summed E-state index contributed by atoms with van der Waals surface area (Å²) in [6.45, 7) is 2.83. The molecule has 0 aromatic heterocycles. The van der Waals surface area contributed by atoms with Gasteiger partial charge in [-0.05, 0) is 25.7 Å². The molecule has 0 aromatic carbocycles. The van der Waals surface area contributed by atoms with Crippen LogP contribution in [0.1, 0.15) is 25.7 Å². The lowest BCUT2D eigenvalue weighted by atomic mass is 9.91. The van der Waals surface area contributed by atoms with E-state index < -0.39 is 35.2 Å². The third kappa shape index (κ3) is 4.53. The Hall–Kier alpha value is -1.56. The number of hydrogen-bond donors (Lipinski definition) is 4. The molecule has 4 aliphatic rings. The Labute approximate surface area is 157 Å². The fraction of sp³-hybridized carbons (Fsp3) is 0.875. The Bertz CT molecular complexity index is 566. The van der Waals surface area contributed by atoms with E-state index in [0.29, 0.717) is 51.9 Å². The molecule has 2 aliphatic heterocycles.